The Bertz CT molecular complexity index is 454. The first-order chi connectivity index (χ1) is 10.2. The fraction of sp³-hybridized carbons (Fsp3) is 0.529. The third-order valence-electron chi connectivity index (χ3n) is 4.03. The summed E-state index contributed by atoms with van der Waals surface area (Å²) >= 11 is 0. The average Bonchev–Trinajstić information content (AvgIpc) is 2.77. The van der Waals surface area contributed by atoms with Crippen LogP contribution in [-0.4, -0.2) is 31.3 Å². The number of nitrogens with one attached hydrogen (secondary N) is 2. The van der Waals surface area contributed by atoms with Gasteiger partial charge in [-0.25, -0.2) is 0 Å². The predicted octanol–water partition coefficient (Wildman–Crippen LogP) is 2.21. The van der Waals surface area contributed by atoms with E-state index in [4.69, 9.17) is 0 Å². The normalized spacial score (nSPS) is 24.7. The van der Waals surface area contributed by atoms with Crippen LogP contribution in [0.1, 0.15) is 26.7 Å². The van der Waals surface area contributed by atoms with Crippen molar-refractivity contribution in [2.75, 3.05) is 13.1 Å². The number of carbonyl (C=O) groups is 1. The Labute approximate surface area is 127 Å². The maximum atomic E-state index is 12.2. The minimum atomic E-state index is 0.0569. The lowest BCUT2D eigenvalue weighted by Crippen LogP contribution is -2.43. The Morgan fingerprint density at radius 3 is 2.90 bits per heavy atom. The second-order valence-corrected chi connectivity index (χ2v) is 5.81. The maximum absolute atomic E-state index is 12.2. The Morgan fingerprint density at radius 2 is 2.14 bits per heavy atom. The summed E-state index contributed by atoms with van der Waals surface area (Å²) in [6, 6.07) is 0.306. The summed E-state index contributed by atoms with van der Waals surface area (Å²) in [7, 11) is 0. The monoisotopic (exact) mass is 287 g/mol. The molecule has 4 heteroatoms. The standard InChI is InChI=1S/C17H25N3O/c1-13(15-5-3-4-8-19-12-15)11-14(2)17(21)20-16-6-9-18-10-7-16/h3-5,8,11-13,15-16,18H,6-7,9-10H2,1-2H3,(H,20,21)/b14-11+. The number of piperidine rings is 1. The summed E-state index contributed by atoms with van der Waals surface area (Å²) in [6.45, 7) is 5.98. The highest BCUT2D eigenvalue weighted by Gasteiger charge is 2.17. The van der Waals surface area contributed by atoms with Crippen LogP contribution < -0.4 is 10.6 Å². The topological polar surface area (TPSA) is 53.5 Å². The number of hydrogen-bond donors (Lipinski definition) is 2. The van der Waals surface area contributed by atoms with Crippen molar-refractivity contribution in [3.8, 4) is 0 Å². The van der Waals surface area contributed by atoms with Crippen LogP contribution in [0.3, 0.4) is 0 Å². The maximum Gasteiger partial charge on any atom is 0.246 e. The van der Waals surface area contributed by atoms with E-state index >= 15 is 0 Å². The molecule has 2 atom stereocenters. The molecule has 1 saturated heterocycles. The number of carbonyl (C=O) groups excluding carboxylic acids is 1. The third-order valence-corrected chi connectivity index (χ3v) is 4.03. The van der Waals surface area contributed by atoms with Crippen molar-refractivity contribution in [1.82, 2.24) is 10.6 Å². The van der Waals surface area contributed by atoms with Crippen molar-refractivity contribution in [2.45, 2.75) is 32.7 Å². The summed E-state index contributed by atoms with van der Waals surface area (Å²) < 4.78 is 0. The SMILES string of the molecule is C/C(=C\C(C)C1C=CC=CN=C1)C(=O)NC1CCNCC1. The molecule has 2 heterocycles. The number of allylic oxidation sites excluding steroid dienone is 4. The molecule has 0 aromatic rings. The molecule has 2 N–H and O–H groups in total. The lowest BCUT2D eigenvalue weighted by Gasteiger charge is -2.24. The van der Waals surface area contributed by atoms with Gasteiger partial charge in [0.25, 0.3) is 0 Å². The molecule has 2 aliphatic rings. The third kappa shape index (κ3) is 4.97. The van der Waals surface area contributed by atoms with Gasteiger partial charge in [0.1, 0.15) is 0 Å². The van der Waals surface area contributed by atoms with E-state index in [-0.39, 0.29) is 17.7 Å². The van der Waals surface area contributed by atoms with Crippen molar-refractivity contribution in [2.24, 2.45) is 16.8 Å². The Balaban J connectivity index is 1.90. The van der Waals surface area contributed by atoms with E-state index in [0.717, 1.165) is 31.5 Å². The molecule has 0 radical (unpaired) electrons. The van der Waals surface area contributed by atoms with Crippen LogP contribution in [0.2, 0.25) is 0 Å². The van der Waals surface area contributed by atoms with Gasteiger partial charge in [-0.05, 0) is 44.8 Å². The molecule has 0 bridgehead atoms. The van der Waals surface area contributed by atoms with E-state index in [1.54, 1.807) is 6.20 Å². The van der Waals surface area contributed by atoms with Gasteiger partial charge in [-0.3, -0.25) is 9.79 Å². The molecule has 2 aliphatic heterocycles. The highest BCUT2D eigenvalue weighted by molar-refractivity contribution is 5.93. The van der Waals surface area contributed by atoms with Crippen LogP contribution in [0.15, 0.2) is 41.1 Å². The molecule has 0 aromatic carbocycles. The first-order valence-electron chi connectivity index (χ1n) is 7.73. The largest absolute Gasteiger partial charge is 0.350 e. The van der Waals surface area contributed by atoms with Gasteiger partial charge in [0.05, 0.1) is 0 Å². The summed E-state index contributed by atoms with van der Waals surface area (Å²) in [5.41, 5.74) is 0.792. The second kappa shape index (κ2) is 7.93. The van der Waals surface area contributed by atoms with Crippen LogP contribution in [0.4, 0.5) is 0 Å². The first-order valence-corrected chi connectivity index (χ1v) is 7.73. The molecule has 4 nitrogen and oxygen atoms in total. The lowest BCUT2D eigenvalue weighted by atomic mass is 9.92. The summed E-state index contributed by atoms with van der Waals surface area (Å²) in [6.07, 6.45) is 13.8. The zero-order valence-electron chi connectivity index (χ0n) is 12.9. The number of nitrogens with zero attached hydrogens (tertiary/aromatic N) is 1. The van der Waals surface area contributed by atoms with Crippen molar-refractivity contribution >= 4 is 12.1 Å². The summed E-state index contributed by atoms with van der Waals surface area (Å²) in [5, 5.41) is 6.43. The van der Waals surface area contributed by atoms with Gasteiger partial charge in [-0.1, -0.05) is 25.2 Å². The summed E-state index contributed by atoms with van der Waals surface area (Å²) in [5.74, 6) is 0.548. The van der Waals surface area contributed by atoms with E-state index in [1.807, 2.05) is 31.4 Å². The number of hydrogen-bond acceptors (Lipinski definition) is 3. The van der Waals surface area contributed by atoms with Gasteiger partial charge >= 0.3 is 0 Å². The van der Waals surface area contributed by atoms with E-state index in [9.17, 15) is 4.79 Å². The molecule has 2 rings (SSSR count). The van der Waals surface area contributed by atoms with E-state index in [1.165, 1.54) is 0 Å². The van der Waals surface area contributed by atoms with Crippen LogP contribution >= 0.6 is 0 Å². The molecule has 114 valence electrons. The quantitative estimate of drug-likeness (QED) is 0.779. The fourth-order valence-electron chi connectivity index (χ4n) is 2.65. The van der Waals surface area contributed by atoms with Crippen LogP contribution in [0.25, 0.3) is 0 Å². The van der Waals surface area contributed by atoms with Gasteiger partial charge < -0.3 is 10.6 Å². The van der Waals surface area contributed by atoms with Crippen molar-refractivity contribution in [3.63, 3.8) is 0 Å². The molecule has 0 aliphatic carbocycles. The van der Waals surface area contributed by atoms with E-state index in [0.29, 0.717) is 6.04 Å². The molecular weight excluding hydrogens is 262 g/mol. The van der Waals surface area contributed by atoms with Gasteiger partial charge in [0, 0.05) is 29.9 Å². The predicted molar refractivity (Wildman–Crippen MR) is 87.2 cm³/mol. The Hall–Kier alpha value is -1.68. The zero-order valence-corrected chi connectivity index (χ0v) is 12.9. The van der Waals surface area contributed by atoms with E-state index < -0.39 is 0 Å². The van der Waals surface area contributed by atoms with Gasteiger partial charge in [-0.2, -0.15) is 0 Å². The second-order valence-electron chi connectivity index (χ2n) is 5.81. The number of rotatable bonds is 4. The van der Waals surface area contributed by atoms with Crippen LogP contribution in [-0.2, 0) is 4.79 Å². The molecule has 0 spiro atoms. The smallest absolute Gasteiger partial charge is 0.246 e. The minimum Gasteiger partial charge on any atom is -0.350 e. The molecule has 1 amide bonds. The van der Waals surface area contributed by atoms with Crippen molar-refractivity contribution in [1.29, 1.82) is 0 Å². The van der Waals surface area contributed by atoms with Crippen LogP contribution in [0, 0.1) is 11.8 Å². The molecular formula is C17H25N3O. The van der Waals surface area contributed by atoms with Gasteiger partial charge in [-0.15, -0.1) is 0 Å². The first kappa shape index (κ1) is 15.7. The lowest BCUT2D eigenvalue weighted by molar-refractivity contribution is -0.118. The number of aliphatic imine (C=N–C) groups is 1. The number of amides is 1. The van der Waals surface area contributed by atoms with Crippen LogP contribution in [0.5, 0.6) is 0 Å². The molecule has 2 unspecified atom stereocenters. The Morgan fingerprint density at radius 1 is 1.38 bits per heavy atom. The highest BCUT2D eigenvalue weighted by Crippen LogP contribution is 2.17. The fourth-order valence-corrected chi connectivity index (χ4v) is 2.65. The average molecular weight is 287 g/mol. The minimum absolute atomic E-state index is 0.0569. The van der Waals surface area contributed by atoms with Gasteiger partial charge in [0.2, 0.25) is 5.91 Å². The zero-order chi connectivity index (χ0) is 15.1. The molecule has 21 heavy (non-hydrogen) atoms. The van der Waals surface area contributed by atoms with E-state index in [2.05, 4.69) is 28.6 Å². The molecule has 1 fully saturated rings. The van der Waals surface area contributed by atoms with Crippen molar-refractivity contribution < 1.29 is 4.79 Å². The highest BCUT2D eigenvalue weighted by atomic mass is 16.1. The summed E-state index contributed by atoms with van der Waals surface area (Å²) in [4.78, 5) is 16.4. The van der Waals surface area contributed by atoms with Gasteiger partial charge in [0.15, 0.2) is 0 Å². The Kier molecular flexibility index (Phi) is 5.93. The molecule has 0 aromatic heterocycles. The van der Waals surface area contributed by atoms with Crippen molar-refractivity contribution in [3.05, 3.63) is 36.1 Å². The molecule has 0 saturated carbocycles.